The van der Waals surface area contributed by atoms with Gasteiger partial charge in [-0.05, 0) is 172 Å². The molecule has 13 rings (SSSR count). The number of rotatable bonds is 8. The summed E-state index contributed by atoms with van der Waals surface area (Å²) in [6.07, 6.45) is 11.8. The van der Waals surface area contributed by atoms with Gasteiger partial charge in [0.05, 0.1) is 45.8 Å². The number of nitrogens with zero attached hydrogens (tertiary/aromatic N) is 10. The van der Waals surface area contributed by atoms with E-state index in [0.29, 0.717) is 11.8 Å². The van der Waals surface area contributed by atoms with Crippen molar-refractivity contribution in [2.75, 3.05) is 93.0 Å². The molecule has 0 radical (unpaired) electrons. The highest BCUT2D eigenvalue weighted by Crippen LogP contribution is 2.42. The molecule has 5 aliphatic heterocycles. The normalized spacial score (nSPS) is 21.8. The van der Waals surface area contributed by atoms with Crippen molar-refractivity contribution in [2.24, 2.45) is 11.8 Å². The van der Waals surface area contributed by atoms with Crippen molar-refractivity contribution in [3.63, 3.8) is 0 Å². The number of hydrogen-bond donors (Lipinski definition) is 0. The van der Waals surface area contributed by atoms with Crippen LogP contribution in [0.1, 0.15) is 184 Å². The topological polar surface area (TPSA) is 32.4 Å². The molecule has 0 aromatic heterocycles. The van der Waals surface area contributed by atoms with Gasteiger partial charge in [-0.25, -0.2) is 0 Å². The Kier molecular flexibility index (Phi) is 26.6. The number of anilines is 5. The van der Waals surface area contributed by atoms with Crippen molar-refractivity contribution in [2.45, 2.75) is 178 Å². The SMILES string of the molecule is C.C.C.C.C.[2H]C1N(C)C(C)=C(C)N1c1ccccc1C.[2H]C1N(C)C(C)=C(C)N1c1ccccc1C.[2H]C1N(C)C(C2CCCC2)=C(C)N1c1ccccc1C.[2H]C1N(C)C(C2CCCCC2)=C(C)N1c1ccccc1C.[2H]C1N(C)C(c2ccccc2)=C(C)N1c1ccccc1C. The fourth-order valence-corrected chi connectivity index (χ4v) is 13.8. The van der Waals surface area contributed by atoms with E-state index in [1.807, 2.05) is 90.4 Å². The summed E-state index contributed by atoms with van der Waals surface area (Å²) < 4.78 is 42.1. The van der Waals surface area contributed by atoms with Gasteiger partial charge in [-0.3, -0.25) is 0 Å². The van der Waals surface area contributed by atoms with Crippen LogP contribution in [0.2, 0.25) is 0 Å². The fourth-order valence-electron chi connectivity index (χ4n) is 13.8. The molecule has 5 atom stereocenters. The summed E-state index contributed by atoms with van der Waals surface area (Å²) in [5, 5.41) is 0. The second kappa shape index (κ2) is 35.5. The van der Waals surface area contributed by atoms with E-state index >= 15 is 0 Å². The Morgan fingerprint density at radius 3 is 0.798 bits per heavy atom. The lowest BCUT2D eigenvalue weighted by Gasteiger charge is -2.27. The molecule has 10 nitrogen and oxygen atoms in total. The Bertz CT molecular complexity index is 3670. The molecule has 0 N–H and O–H groups in total. The van der Waals surface area contributed by atoms with Crippen molar-refractivity contribution in [1.29, 1.82) is 0 Å². The number of hydrogen-bond acceptors (Lipinski definition) is 10. The third kappa shape index (κ3) is 17.5. The Morgan fingerprint density at radius 1 is 0.266 bits per heavy atom. The van der Waals surface area contributed by atoms with Crippen LogP contribution in [-0.4, -0.2) is 93.0 Å². The van der Waals surface area contributed by atoms with Crippen LogP contribution >= 0.6 is 0 Å². The molecule has 2 saturated carbocycles. The van der Waals surface area contributed by atoms with Crippen LogP contribution in [0.3, 0.4) is 0 Å². The average Bonchev–Trinajstić information content (AvgIpc) is 1.65. The van der Waals surface area contributed by atoms with E-state index in [2.05, 4.69) is 229 Å². The molecule has 2 fully saturated rings. The molecule has 10 heteroatoms. The molecule has 5 heterocycles. The molecular formula is C84H126N10. The average molecular weight is 1280 g/mol. The van der Waals surface area contributed by atoms with Crippen molar-refractivity contribution in [3.05, 3.63) is 236 Å². The van der Waals surface area contributed by atoms with E-state index in [1.165, 1.54) is 131 Å². The quantitative estimate of drug-likeness (QED) is 0.147. The minimum Gasteiger partial charge on any atom is -0.359 e. The Labute approximate surface area is 581 Å². The van der Waals surface area contributed by atoms with Crippen LogP contribution in [0.5, 0.6) is 0 Å². The monoisotopic (exact) mass is 1280 g/mol. The van der Waals surface area contributed by atoms with Gasteiger partial charge < -0.3 is 49.0 Å². The number of benzene rings is 6. The minimum atomic E-state index is -0.429. The van der Waals surface area contributed by atoms with E-state index in [9.17, 15) is 0 Å². The predicted octanol–water partition coefficient (Wildman–Crippen LogP) is 21.8. The summed E-state index contributed by atoms with van der Waals surface area (Å²) in [5.41, 5.74) is 25.2. The molecular weight excluding hydrogens is 1150 g/mol. The van der Waals surface area contributed by atoms with Crippen LogP contribution in [0.4, 0.5) is 28.4 Å². The third-order valence-electron chi connectivity index (χ3n) is 19.2. The molecule has 6 aromatic carbocycles. The first-order valence-corrected chi connectivity index (χ1v) is 32.4. The van der Waals surface area contributed by atoms with E-state index in [0.717, 1.165) is 45.4 Å². The standard InChI is InChI=1S/C18H26N2.C18H20N2.C17H24N2.2C13H18N2.5CH4/c2*1-14-9-7-8-12-17(14)20-13-19(3)18(15(20)2)16-10-5-4-6-11-16;1-13-8-4-7-11-16(13)19-12-18(3)17(14(19)2)15-9-5-6-10-15;2*1-10-7-5-6-8-13(10)15-9-14(4)11(2)12(15)3;;;;;/h7-9,12,16H,4-6,10-11,13H2,1-3H3;4-12H,13H2,1-3H3;4,7-8,11,15H,5-6,9-10,12H2,1-3H3;2*5-8H,9H2,1-4H3;5*1H4/i2*13D;12D;2*9D;;;;;. The van der Waals surface area contributed by atoms with Crippen LogP contribution in [-0.2, 0) is 0 Å². The maximum atomic E-state index is 8.62. The molecule has 0 spiro atoms. The van der Waals surface area contributed by atoms with Gasteiger partial charge >= 0.3 is 0 Å². The summed E-state index contributed by atoms with van der Waals surface area (Å²) in [6, 6.07) is 51.8. The van der Waals surface area contributed by atoms with Gasteiger partial charge in [0.25, 0.3) is 0 Å². The van der Waals surface area contributed by atoms with Gasteiger partial charge in [0.1, 0.15) is 0 Å². The summed E-state index contributed by atoms with van der Waals surface area (Å²) in [6.45, 7) is 23.5. The van der Waals surface area contributed by atoms with Crippen LogP contribution in [0, 0.1) is 46.5 Å². The molecule has 5 unspecified atom stereocenters. The first-order valence-electron chi connectivity index (χ1n) is 35.3. The zero-order valence-electron chi connectivity index (χ0n) is 61.8. The van der Waals surface area contributed by atoms with Crippen molar-refractivity contribution >= 4 is 34.1 Å². The summed E-state index contributed by atoms with van der Waals surface area (Å²) >= 11 is 0. The third-order valence-corrected chi connectivity index (χ3v) is 19.2. The number of para-hydroxylation sites is 5. The van der Waals surface area contributed by atoms with Gasteiger partial charge in [-0.2, -0.15) is 0 Å². The van der Waals surface area contributed by atoms with Gasteiger partial charge in [0.15, 0.2) is 0 Å². The second-order valence-corrected chi connectivity index (χ2v) is 25.3. The molecule has 7 aliphatic rings. The van der Waals surface area contributed by atoms with E-state index < -0.39 is 6.64 Å². The van der Waals surface area contributed by atoms with Crippen molar-refractivity contribution in [3.8, 4) is 0 Å². The Balaban J connectivity index is 0.000000261. The van der Waals surface area contributed by atoms with E-state index in [4.69, 9.17) is 6.85 Å². The number of aryl methyl sites for hydroxylation is 5. The lowest BCUT2D eigenvalue weighted by molar-refractivity contribution is 0.322. The highest BCUT2D eigenvalue weighted by atomic mass is 15.4. The molecule has 6 aromatic rings. The van der Waals surface area contributed by atoms with Gasteiger partial charge in [0.2, 0.25) is 0 Å². The second-order valence-electron chi connectivity index (χ2n) is 25.3. The van der Waals surface area contributed by atoms with E-state index in [1.54, 1.807) is 0 Å². The van der Waals surface area contributed by atoms with Crippen molar-refractivity contribution < 1.29 is 6.85 Å². The van der Waals surface area contributed by atoms with Crippen LogP contribution in [0.15, 0.2) is 203 Å². The maximum Gasteiger partial charge on any atom is 0.0947 e. The van der Waals surface area contributed by atoms with Gasteiger partial charge in [-0.1, -0.05) is 191 Å². The molecule has 0 bridgehead atoms. The highest BCUT2D eigenvalue weighted by molar-refractivity contribution is 5.76. The minimum absolute atomic E-state index is 0. The summed E-state index contributed by atoms with van der Waals surface area (Å²) in [5.74, 6) is 1.30. The van der Waals surface area contributed by atoms with E-state index in [-0.39, 0.29) is 63.7 Å². The highest BCUT2D eigenvalue weighted by Gasteiger charge is 2.34. The first-order chi connectivity index (χ1) is 44.9. The summed E-state index contributed by atoms with van der Waals surface area (Å²) in [4.78, 5) is 21.0. The zero-order chi connectivity index (χ0) is 68.0. The molecule has 0 saturated heterocycles. The maximum absolute atomic E-state index is 8.62. The predicted molar refractivity (Wildman–Crippen MR) is 415 cm³/mol. The zero-order valence-corrected chi connectivity index (χ0v) is 56.8. The lowest BCUT2D eigenvalue weighted by Crippen LogP contribution is -2.26. The Morgan fingerprint density at radius 2 is 0.511 bits per heavy atom. The van der Waals surface area contributed by atoms with Gasteiger partial charge in [-0.15, -0.1) is 0 Å². The smallest absolute Gasteiger partial charge is 0.0947 e. The van der Waals surface area contributed by atoms with Crippen molar-refractivity contribution in [1.82, 2.24) is 24.5 Å². The first kappa shape index (κ1) is 70.3. The van der Waals surface area contributed by atoms with Crippen LogP contribution in [0.25, 0.3) is 5.70 Å². The van der Waals surface area contributed by atoms with Gasteiger partial charge in [0, 0.05) is 127 Å². The molecule has 94 heavy (non-hydrogen) atoms. The molecule has 0 amide bonds. The fraction of sp³-hybridized carbons (Fsp3) is 0.452. The molecule has 2 aliphatic carbocycles. The lowest BCUT2D eigenvalue weighted by atomic mass is 9.86. The Hall–Kier alpha value is -7.98. The number of allylic oxidation sites excluding steroid dienone is 9. The molecule has 512 valence electrons. The van der Waals surface area contributed by atoms with Crippen LogP contribution < -0.4 is 24.5 Å². The largest absolute Gasteiger partial charge is 0.359 e. The summed E-state index contributed by atoms with van der Waals surface area (Å²) in [7, 11) is 10.1.